The Bertz CT molecular complexity index is 1580. The van der Waals surface area contributed by atoms with Crippen molar-refractivity contribution in [3.05, 3.63) is 89.5 Å². The monoisotopic (exact) mass is 677 g/mol. The number of amides is 3. The zero-order valence-electron chi connectivity index (χ0n) is 26.9. The number of aliphatic hydroxyl groups is 1. The third kappa shape index (κ3) is 6.04. The van der Waals surface area contributed by atoms with E-state index in [9.17, 15) is 24.3 Å². The van der Waals surface area contributed by atoms with Crippen molar-refractivity contribution in [1.82, 2.24) is 10.2 Å². The van der Waals surface area contributed by atoms with Gasteiger partial charge < -0.3 is 34.4 Å². The first-order chi connectivity index (χ1) is 23.2. The highest BCUT2D eigenvalue weighted by molar-refractivity contribution is 6.30. The number of likely N-dealkylation sites (tertiary alicyclic amines) is 1. The van der Waals surface area contributed by atoms with E-state index in [1.54, 1.807) is 66.8 Å². The summed E-state index contributed by atoms with van der Waals surface area (Å²) in [6, 6.07) is 13.2. The third-order valence-electron chi connectivity index (χ3n) is 9.72. The van der Waals surface area contributed by atoms with Gasteiger partial charge in [0, 0.05) is 30.8 Å². The number of carbonyl (C=O) groups excluding carboxylic acids is 4. The van der Waals surface area contributed by atoms with Crippen molar-refractivity contribution < 1.29 is 38.5 Å². The SMILES string of the molecule is CC[C@@H](CO)N1C(=O)[C@H]2[C@@H]3C(=O)O[C@H](c4ccccc4)[C@@H](COC)NC(=O)CC/C=C\CN(c4ccc(Cl)cc4)C(=O)[C@H]1[C@@]21C=C[C@@H]3O1. The number of halogens is 1. The molecule has 0 aliphatic carbocycles. The van der Waals surface area contributed by atoms with Crippen LogP contribution in [0.2, 0.25) is 5.02 Å². The second-order valence-electron chi connectivity index (χ2n) is 12.5. The van der Waals surface area contributed by atoms with Gasteiger partial charge in [-0.3, -0.25) is 19.2 Å². The van der Waals surface area contributed by atoms with Crippen LogP contribution in [-0.4, -0.2) is 90.4 Å². The number of esters is 1. The van der Waals surface area contributed by atoms with Crippen LogP contribution < -0.4 is 10.2 Å². The Labute approximate surface area is 284 Å². The number of hydrogen-bond donors (Lipinski definition) is 2. The molecule has 2 fully saturated rings. The Morgan fingerprint density at radius 1 is 1.06 bits per heavy atom. The van der Waals surface area contributed by atoms with Crippen LogP contribution in [0.25, 0.3) is 0 Å². The molecule has 4 aliphatic rings. The molecule has 12 heteroatoms. The van der Waals surface area contributed by atoms with Gasteiger partial charge in [-0.1, -0.05) is 73.2 Å². The molecular weight excluding hydrogens is 638 g/mol. The lowest BCUT2D eigenvalue weighted by molar-refractivity contribution is -0.162. The van der Waals surface area contributed by atoms with E-state index in [4.69, 9.17) is 25.8 Å². The number of nitrogens with one attached hydrogen (secondary N) is 1. The van der Waals surface area contributed by atoms with Crippen molar-refractivity contribution >= 4 is 41.0 Å². The number of cyclic esters (lactones) is 1. The fourth-order valence-electron chi connectivity index (χ4n) is 7.46. The maximum Gasteiger partial charge on any atom is 0.313 e. The van der Waals surface area contributed by atoms with Crippen LogP contribution in [0.3, 0.4) is 0 Å². The lowest BCUT2D eigenvalue weighted by Crippen LogP contribution is -2.58. The molecular formula is C36H40ClN3O8. The summed E-state index contributed by atoms with van der Waals surface area (Å²) in [5.41, 5.74) is -0.303. The van der Waals surface area contributed by atoms with E-state index in [2.05, 4.69) is 5.32 Å². The van der Waals surface area contributed by atoms with Crippen LogP contribution in [0.4, 0.5) is 5.69 Å². The van der Waals surface area contributed by atoms with Gasteiger partial charge in [-0.15, -0.1) is 0 Å². The zero-order valence-corrected chi connectivity index (χ0v) is 27.6. The maximum atomic E-state index is 14.9. The molecule has 4 heterocycles. The molecule has 6 rings (SSSR count). The van der Waals surface area contributed by atoms with Gasteiger partial charge in [0.2, 0.25) is 11.8 Å². The highest BCUT2D eigenvalue weighted by Crippen LogP contribution is 2.56. The van der Waals surface area contributed by atoms with E-state index >= 15 is 0 Å². The van der Waals surface area contributed by atoms with Gasteiger partial charge in [-0.05, 0) is 42.7 Å². The van der Waals surface area contributed by atoms with Crippen LogP contribution in [0.1, 0.15) is 37.9 Å². The van der Waals surface area contributed by atoms with Crippen molar-refractivity contribution in [2.24, 2.45) is 11.8 Å². The zero-order chi connectivity index (χ0) is 34.0. The second-order valence-corrected chi connectivity index (χ2v) is 13.0. The standard InChI is InChI=1S/C36H40ClN3O8/c1-3-24(20-41)40-32-34(44)39(25-15-13-23(37)14-16-25)19-9-5-8-12-28(42)38-26(21-46-2)31(22-10-6-4-7-11-22)47-35(45)29-27-17-18-36(32,48-27)30(29)33(40)43/h4-7,9-11,13-18,24,26-27,29-32,41H,3,8,12,19-21H2,1-2H3,(H,38,42)/b9-5-/t24-,26+,27-,29+,30+,31+,32-,36+/m0/s1. The summed E-state index contributed by atoms with van der Waals surface area (Å²) in [5.74, 6) is -4.02. The number of hydrogen-bond acceptors (Lipinski definition) is 8. The molecule has 2 N–H and O–H groups in total. The fraction of sp³-hybridized carbons (Fsp3) is 0.444. The molecule has 2 aromatic rings. The van der Waals surface area contributed by atoms with E-state index in [1.165, 1.54) is 16.9 Å². The summed E-state index contributed by atoms with van der Waals surface area (Å²) < 4.78 is 18.2. The molecule has 0 unspecified atom stereocenters. The molecule has 1 spiro atoms. The number of aliphatic hydroxyl groups excluding tert-OH is 1. The lowest BCUT2D eigenvalue weighted by atomic mass is 9.74. The van der Waals surface area contributed by atoms with E-state index in [1.807, 2.05) is 19.1 Å². The summed E-state index contributed by atoms with van der Waals surface area (Å²) in [6.07, 6.45) is 6.18. The quantitative estimate of drug-likeness (QED) is 0.337. The van der Waals surface area contributed by atoms with Gasteiger partial charge >= 0.3 is 5.97 Å². The van der Waals surface area contributed by atoms with Gasteiger partial charge in [-0.2, -0.15) is 0 Å². The lowest BCUT2D eigenvalue weighted by Gasteiger charge is -2.38. The molecule has 11 nitrogen and oxygen atoms in total. The smallest absolute Gasteiger partial charge is 0.313 e. The van der Waals surface area contributed by atoms with Crippen molar-refractivity contribution in [3.8, 4) is 0 Å². The summed E-state index contributed by atoms with van der Waals surface area (Å²) in [7, 11) is 1.50. The Balaban J connectivity index is 1.47. The van der Waals surface area contributed by atoms with Gasteiger partial charge in [0.25, 0.3) is 5.91 Å². The van der Waals surface area contributed by atoms with E-state index < -0.39 is 65.6 Å². The van der Waals surface area contributed by atoms with E-state index in [-0.39, 0.29) is 32.1 Å². The van der Waals surface area contributed by atoms with Gasteiger partial charge in [0.15, 0.2) is 0 Å². The Morgan fingerprint density at radius 3 is 2.50 bits per heavy atom. The molecule has 5 bridgehead atoms. The van der Waals surface area contributed by atoms with E-state index in [0.29, 0.717) is 29.1 Å². The van der Waals surface area contributed by atoms with Crippen LogP contribution in [0.15, 0.2) is 78.9 Å². The van der Waals surface area contributed by atoms with Crippen molar-refractivity contribution in [2.75, 3.05) is 31.8 Å². The fourth-order valence-corrected chi connectivity index (χ4v) is 7.59. The predicted octanol–water partition coefficient (Wildman–Crippen LogP) is 3.36. The first-order valence-electron chi connectivity index (χ1n) is 16.3. The Morgan fingerprint density at radius 2 is 1.81 bits per heavy atom. The maximum absolute atomic E-state index is 14.9. The van der Waals surface area contributed by atoms with Crippen molar-refractivity contribution in [1.29, 1.82) is 0 Å². The number of benzene rings is 2. The number of ether oxygens (including phenoxy) is 3. The number of carbonyl (C=O) groups is 4. The van der Waals surface area contributed by atoms with Gasteiger partial charge in [0.05, 0.1) is 37.3 Å². The van der Waals surface area contributed by atoms with Crippen LogP contribution >= 0.6 is 11.6 Å². The minimum Gasteiger partial charge on any atom is -0.455 e. The summed E-state index contributed by atoms with van der Waals surface area (Å²) in [6.45, 7) is 1.62. The molecule has 0 radical (unpaired) electrons. The van der Waals surface area contributed by atoms with E-state index in [0.717, 1.165) is 0 Å². The third-order valence-corrected chi connectivity index (χ3v) is 9.97. The minimum absolute atomic E-state index is 0.0559. The molecule has 0 saturated carbocycles. The molecule has 8 atom stereocenters. The Hall–Kier alpha value is -4.03. The number of fused-ring (bicyclic) bond motifs is 2. The number of nitrogens with zero attached hydrogens (tertiary/aromatic N) is 2. The molecule has 254 valence electrons. The van der Waals surface area contributed by atoms with Gasteiger partial charge in [-0.25, -0.2) is 0 Å². The largest absolute Gasteiger partial charge is 0.455 e. The number of anilines is 1. The average molecular weight is 678 g/mol. The topological polar surface area (TPSA) is 135 Å². The van der Waals surface area contributed by atoms with Crippen LogP contribution in [0, 0.1) is 11.8 Å². The van der Waals surface area contributed by atoms with Crippen molar-refractivity contribution in [2.45, 2.75) is 62.1 Å². The first kappa shape index (κ1) is 33.9. The summed E-state index contributed by atoms with van der Waals surface area (Å²) in [4.78, 5) is 59.9. The molecule has 2 aromatic carbocycles. The molecule has 0 aromatic heterocycles. The summed E-state index contributed by atoms with van der Waals surface area (Å²) >= 11 is 6.18. The number of methoxy groups -OCH3 is 1. The average Bonchev–Trinajstić information content (AvgIpc) is 3.73. The van der Waals surface area contributed by atoms with Crippen LogP contribution in [0.5, 0.6) is 0 Å². The molecule has 3 amide bonds. The van der Waals surface area contributed by atoms with Crippen LogP contribution in [-0.2, 0) is 33.4 Å². The first-order valence-corrected chi connectivity index (χ1v) is 16.7. The molecule has 4 aliphatic heterocycles. The molecule has 2 saturated heterocycles. The second kappa shape index (κ2) is 14.2. The molecule has 48 heavy (non-hydrogen) atoms. The number of rotatable bonds is 7. The highest BCUT2D eigenvalue weighted by atomic mass is 35.5. The Kier molecular flexibility index (Phi) is 10.0. The minimum atomic E-state index is -1.48. The summed E-state index contributed by atoms with van der Waals surface area (Å²) in [5, 5.41) is 13.9. The predicted molar refractivity (Wildman–Crippen MR) is 177 cm³/mol. The highest BCUT2D eigenvalue weighted by Gasteiger charge is 2.74. The normalized spacial score (nSPS) is 31.8. The number of allylic oxidation sites excluding steroid dienone is 1. The van der Waals surface area contributed by atoms with Crippen molar-refractivity contribution in [3.63, 3.8) is 0 Å². The van der Waals surface area contributed by atoms with Gasteiger partial charge in [0.1, 0.15) is 23.7 Å².